The van der Waals surface area contributed by atoms with E-state index in [1.807, 2.05) is 30.3 Å². The van der Waals surface area contributed by atoms with Gasteiger partial charge in [-0.15, -0.1) is 0 Å². The molecule has 25 heavy (non-hydrogen) atoms. The van der Waals surface area contributed by atoms with Crippen molar-refractivity contribution in [1.29, 1.82) is 0 Å². The van der Waals surface area contributed by atoms with Crippen molar-refractivity contribution in [2.24, 2.45) is 0 Å². The second-order valence-electron chi connectivity index (χ2n) is 5.49. The zero-order chi connectivity index (χ0) is 17.2. The van der Waals surface area contributed by atoms with Gasteiger partial charge in [-0.2, -0.15) is 0 Å². The molecule has 0 bridgehead atoms. The van der Waals surface area contributed by atoms with Gasteiger partial charge in [0.25, 0.3) is 5.91 Å². The highest BCUT2D eigenvalue weighted by molar-refractivity contribution is 6.00. The van der Waals surface area contributed by atoms with Gasteiger partial charge in [0.15, 0.2) is 5.82 Å². The minimum atomic E-state index is -0.346. The summed E-state index contributed by atoms with van der Waals surface area (Å²) in [7, 11) is 0. The number of hydrogen-bond donors (Lipinski definition) is 1. The lowest BCUT2D eigenvalue weighted by Crippen LogP contribution is -2.22. The lowest BCUT2D eigenvalue weighted by atomic mass is 10.2. The maximum absolute atomic E-state index is 13.2. The van der Waals surface area contributed by atoms with E-state index in [0.717, 1.165) is 5.56 Å². The molecule has 0 fully saturated rings. The van der Waals surface area contributed by atoms with Crippen molar-refractivity contribution in [2.45, 2.75) is 0 Å². The van der Waals surface area contributed by atoms with Crippen molar-refractivity contribution in [2.75, 3.05) is 5.43 Å². The van der Waals surface area contributed by atoms with Crippen molar-refractivity contribution < 1.29 is 9.18 Å². The first-order valence-corrected chi connectivity index (χ1v) is 7.66. The second-order valence-corrected chi connectivity index (χ2v) is 5.49. The fraction of sp³-hybridized carbons (Fsp3) is 0. The Bertz CT molecular complexity index is 1040. The molecule has 0 spiro atoms. The molecule has 1 N–H and O–H groups in total. The van der Waals surface area contributed by atoms with Crippen LogP contribution in [0.4, 0.5) is 4.39 Å². The molecular formula is C19H13FN4O. The zero-order valence-electron chi connectivity index (χ0n) is 13.1. The predicted octanol–water partition coefficient (Wildman–Crippen LogP) is 3.62. The van der Waals surface area contributed by atoms with Crippen molar-refractivity contribution in [3.63, 3.8) is 0 Å². The van der Waals surface area contributed by atoms with Crippen LogP contribution in [-0.2, 0) is 0 Å². The molecule has 4 rings (SSSR count). The average molecular weight is 332 g/mol. The number of amides is 1. The van der Waals surface area contributed by atoms with Crippen molar-refractivity contribution in [3.8, 4) is 11.4 Å². The third kappa shape index (κ3) is 2.97. The van der Waals surface area contributed by atoms with E-state index in [-0.39, 0.29) is 11.7 Å². The molecular weight excluding hydrogens is 319 g/mol. The zero-order valence-corrected chi connectivity index (χ0v) is 13.1. The highest BCUT2D eigenvalue weighted by atomic mass is 19.1. The maximum Gasteiger partial charge on any atom is 0.273 e. The molecule has 2 heterocycles. The number of carbonyl (C=O) groups is 1. The van der Waals surface area contributed by atoms with Gasteiger partial charge >= 0.3 is 0 Å². The van der Waals surface area contributed by atoms with Gasteiger partial charge < -0.3 is 0 Å². The third-order valence-corrected chi connectivity index (χ3v) is 3.82. The predicted molar refractivity (Wildman–Crippen MR) is 93.1 cm³/mol. The Morgan fingerprint density at radius 3 is 2.52 bits per heavy atom. The first-order chi connectivity index (χ1) is 12.2. The largest absolute Gasteiger partial charge is 0.273 e. The maximum atomic E-state index is 13.2. The summed E-state index contributed by atoms with van der Waals surface area (Å²) in [4.78, 5) is 20.9. The van der Waals surface area contributed by atoms with E-state index < -0.39 is 0 Å². The number of aromatic nitrogens is 3. The normalized spacial score (nSPS) is 10.8. The molecule has 1 amide bonds. The van der Waals surface area contributed by atoms with Crippen molar-refractivity contribution >= 4 is 16.8 Å². The van der Waals surface area contributed by atoms with Gasteiger partial charge in [0.05, 0.1) is 11.1 Å². The van der Waals surface area contributed by atoms with Gasteiger partial charge in [-0.1, -0.05) is 30.3 Å². The van der Waals surface area contributed by atoms with E-state index >= 15 is 0 Å². The van der Waals surface area contributed by atoms with Gasteiger partial charge in [0.1, 0.15) is 5.82 Å². The van der Waals surface area contributed by atoms with Crippen LogP contribution < -0.4 is 5.43 Å². The Hall–Kier alpha value is -3.54. The third-order valence-electron chi connectivity index (χ3n) is 3.82. The van der Waals surface area contributed by atoms with Crippen LogP contribution in [0.1, 0.15) is 10.4 Å². The smallest absolute Gasteiger partial charge is 0.267 e. The summed E-state index contributed by atoms with van der Waals surface area (Å²) in [5.41, 5.74) is 4.66. The molecule has 0 aliphatic rings. The number of rotatable bonds is 3. The summed E-state index contributed by atoms with van der Waals surface area (Å²) in [6.45, 7) is 0. The average Bonchev–Trinajstić information content (AvgIpc) is 3.04. The summed E-state index contributed by atoms with van der Waals surface area (Å²) >= 11 is 0. The Morgan fingerprint density at radius 2 is 1.76 bits per heavy atom. The van der Waals surface area contributed by atoms with Gasteiger partial charge in [-0.25, -0.2) is 14.4 Å². The number of benzene rings is 2. The Labute approximate surface area is 142 Å². The van der Waals surface area contributed by atoms with E-state index in [1.54, 1.807) is 23.0 Å². The number of carbonyl (C=O) groups excluding carboxylic acids is 1. The molecule has 0 unspecified atom stereocenters. The Balaban J connectivity index is 1.56. The van der Waals surface area contributed by atoms with Crippen LogP contribution >= 0.6 is 0 Å². The van der Waals surface area contributed by atoms with Crippen molar-refractivity contribution in [3.05, 3.63) is 84.6 Å². The molecule has 5 nitrogen and oxygen atoms in total. The Morgan fingerprint density at radius 1 is 1.00 bits per heavy atom. The highest BCUT2D eigenvalue weighted by Crippen LogP contribution is 2.17. The number of nitrogens with one attached hydrogen (secondary N) is 1. The molecule has 6 heteroatoms. The molecule has 0 saturated carbocycles. The van der Waals surface area contributed by atoms with Gasteiger partial charge in [0, 0.05) is 29.5 Å². The molecule has 0 aliphatic carbocycles. The molecule has 4 aromatic rings. The molecule has 0 aliphatic heterocycles. The van der Waals surface area contributed by atoms with Crippen LogP contribution in [0.2, 0.25) is 0 Å². The summed E-state index contributed by atoms with van der Waals surface area (Å²) in [6, 6.07) is 15.6. The van der Waals surface area contributed by atoms with Crippen molar-refractivity contribution in [1.82, 2.24) is 14.6 Å². The summed E-state index contributed by atoms with van der Waals surface area (Å²) in [6.07, 6.45) is 4.63. The number of nitrogens with zero attached hydrogens (tertiary/aromatic N) is 3. The van der Waals surface area contributed by atoms with Gasteiger partial charge in [-0.05, 0) is 24.3 Å². The van der Waals surface area contributed by atoms with E-state index in [9.17, 15) is 9.18 Å². The van der Waals surface area contributed by atoms with Crippen LogP contribution in [0.5, 0.6) is 0 Å². The van der Waals surface area contributed by atoms with Gasteiger partial charge in [-0.3, -0.25) is 14.9 Å². The van der Waals surface area contributed by atoms with E-state index in [2.05, 4.69) is 15.4 Å². The van der Waals surface area contributed by atoms with E-state index in [4.69, 9.17) is 0 Å². The molecule has 2 aromatic carbocycles. The van der Waals surface area contributed by atoms with Crippen LogP contribution in [0.15, 0.2) is 73.2 Å². The minimum Gasteiger partial charge on any atom is -0.267 e. The topological polar surface area (TPSA) is 59.8 Å². The fourth-order valence-corrected chi connectivity index (χ4v) is 2.57. The first-order valence-electron chi connectivity index (χ1n) is 7.66. The molecule has 0 saturated heterocycles. The monoisotopic (exact) mass is 332 g/mol. The number of hydrogen-bond acceptors (Lipinski definition) is 3. The lowest BCUT2D eigenvalue weighted by Gasteiger charge is -2.08. The lowest BCUT2D eigenvalue weighted by molar-refractivity contribution is 0.101. The molecule has 0 radical (unpaired) electrons. The quantitative estimate of drug-likeness (QED) is 0.623. The highest BCUT2D eigenvalue weighted by Gasteiger charge is 2.10. The van der Waals surface area contributed by atoms with Crippen LogP contribution in [0, 0.1) is 5.82 Å². The molecule has 0 atom stereocenters. The second kappa shape index (κ2) is 6.16. The SMILES string of the molecule is O=C(Nn1ccc2cc(F)ccc21)c1cnc(-c2ccccc2)nc1. The van der Waals surface area contributed by atoms with Gasteiger partial charge in [0.2, 0.25) is 0 Å². The molecule has 122 valence electrons. The summed E-state index contributed by atoms with van der Waals surface area (Å²) < 4.78 is 14.8. The summed E-state index contributed by atoms with van der Waals surface area (Å²) in [5.74, 6) is -0.109. The Kier molecular flexibility index (Phi) is 3.70. The fourth-order valence-electron chi connectivity index (χ4n) is 2.57. The van der Waals surface area contributed by atoms with Crippen LogP contribution in [0.25, 0.3) is 22.3 Å². The minimum absolute atomic E-state index is 0.318. The standard InChI is InChI=1S/C19H13FN4O/c20-16-6-7-17-14(10-16)8-9-24(17)23-19(25)15-11-21-18(22-12-15)13-4-2-1-3-5-13/h1-12H,(H,23,25). The summed E-state index contributed by atoms with van der Waals surface area (Å²) in [5, 5.41) is 0.705. The number of fused-ring (bicyclic) bond motifs is 1. The van der Waals surface area contributed by atoms with E-state index in [0.29, 0.717) is 22.3 Å². The van der Waals surface area contributed by atoms with E-state index in [1.165, 1.54) is 24.5 Å². The van der Waals surface area contributed by atoms with Crippen LogP contribution in [0.3, 0.4) is 0 Å². The number of halogens is 1. The first kappa shape index (κ1) is 15.0. The molecule has 2 aromatic heterocycles. The van der Waals surface area contributed by atoms with Crippen LogP contribution in [-0.4, -0.2) is 20.6 Å².